The summed E-state index contributed by atoms with van der Waals surface area (Å²) >= 11 is 0. The van der Waals surface area contributed by atoms with Crippen molar-refractivity contribution in [3.8, 4) is 0 Å². The van der Waals surface area contributed by atoms with Gasteiger partial charge in [-0.2, -0.15) is 0 Å². The molecule has 1 unspecified atom stereocenters. The minimum Gasteiger partial charge on any atom is -0.445 e. The summed E-state index contributed by atoms with van der Waals surface area (Å²) < 4.78 is 11.4. The maximum absolute atomic E-state index is 12.9. The van der Waals surface area contributed by atoms with Crippen LogP contribution in [0.15, 0.2) is 60.7 Å². The Hall–Kier alpha value is -2.90. The lowest BCUT2D eigenvalue weighted by molar-refractivity contribution is -0.125. The van der Waals surface area contributed by atoms with E-state index in [-0.39, 0.29) is 37.7 Å². The van der Waals surface area contributed by atoms with Crippen LogP contribution in [0.2, 0.25) is 0 Å². The molecule has 7 heteroatoms. The molecule has 2 atom stereocenters. The van der Waals surface area contributed by atoms with Gasteiger partial charge in [0.05, 0.1) is 31.8 Å². The fourth-order valence-corrected chi connectivity index (χ4v) is 4.73. The molecule has 2 amide bonds. The molecule has 7 nitrogen and oxygen atoms in total. The molecule has 0 aliphatic rings. The van der Waals surface area contributed by atoms with Crippen molar-refractivity contribution in [2.45, 2.75) is 116 Å². The third-order valence-corrected chi connectivity index (χ3v) is 7.17. The Balaban J connectivity index is 1.68. The molecule has 2 aromatic rings. The van der Waals surface area contributed by atoms with Gasteiger partial charge in [0.1, 0.15) is 6.61 Å². The molecule has 0 aliphatic carbocycles. The van der Waals surface area contributed by atoms with Crippen molar-refractivity contribution < 1.29 is 24.2 Å². The Kier molecular flexibility index (Phi) is 19.0. The second-order valence-electron chi connectivity index (χ2n) is 10.8. The van der Waals surface area contributed by atoms with E-state index >= 15 is 0 Å². The van der Waals surface area contributed by atoms with E-state index in [9.17, 15) is 14.7 Å². The molecule has 0 heterocycles. The number of alkyl carbamates (subject to hydrolysis) is 1. The van der Waals surface area contributed by atoms with E-state index in [4.69, 9.17) is 9.47 Å². The number of carbonyl (C=O) groups excluding carboxylic acids is 2. The van der Waals surface area contributed by atoms with Gasteiger partial charge in [0.25, 0.3) is 0 Å². The summed E-state index contributed by atoms with van der Waals surface area (Å²) in [6.45, 7) is 3.19. The maximum atomic E-state index is 12.9. The molecule has 0 saturated heterocycles. The van der Waals surface area contributed by atoms with Crippen LogP contribution in [0.25, 0.3) is 0 Å². The Morgan fingerprint density at radius 3 is 1.95 bits per heavy atom. The van der Waals surface area contributed by atoms with E-state index in [1.165, 1.54) is 44.9 Å². The second-order valence-corrected chi connectivity index (χ2v) is 10.8. The van der Waals surface area contributed by atoms with Gasteiger partial charge in [0.15, 0.2) is 0 Å². The van der Waals surface area contributed by atoms with Crippen LogP contribution in [0.1, 0.15) is 102 Å². The molecule has 0 aliphatic heterocycles. The van der Waals surface area contributed by atoms with Crippen LogP contribution in [-0.4, -0.2) is 42.4 Å². The molecule has 0 aromatic heterocycles. The standard InChI is InChI=1S/C34H52N2O5/c1-2-3-4-5-6-7-8-9-16-23-32(40-27-29-18-12-10-13-19-29)25-33(38)36-31(26-37)22-17-24-35-34(39)41-28-30-20-14-11-15-21-30/h10-15,18-21,31-32,37H,2-9,16-17,22-28H2,1H3,(H,35,39)(H,36,38)/t31-,32?/m1/s1. The number of hydrogen-bond acceptors (Lipinski definition) is 5. The van der Waals surface area contributed by atoms with E-state index in [0.717, 1.165) is 30.4 Å². The zero-order chi connectivity index (χ0) is 29.4. The van der Waals surface area contributed by atoms with Gasteiger partial charge >= 0.3 is 6.09 Å². The quantitative estimate of drug-likeness (QED) is 0.125. The van der Waals surface area contributed by atoms with Gasteiger partial charge in [0.2, 0.25) is 5.91 Å². The topological polar surface area (TPSA) is 96.9 Å². The summed E-state index contributed by atoms with van der Waals surface area (Å²) in [5.41, 5.74) is 2.02. The molecule has 0 spiro atoms. The van der Waals surface area contributed by atoms with Crippen LogP contribution in [0, 0.1) is 0 Å². The number of amides is 2. The number of hydrogen-bond donors (Lipinski definition) is 3. The van der Waals surface area contributed by atoms with Gasteiger partial charge in [-0.05, 0) is 30.4 Å². The van der Waals surface area contributed by atoms with E-state index in [1.807, 2.05) is 60.7 Å². The molecule has 0 saturated carbocycles. The van der Waals surface area contributed by atoms with Crippen LogP contribution in [-0.2, 0) is 27.5 Å². The Bertz CT molecular complexity index is 925. The number of aliphatic hydroxyl groups excluding tert-OH is 1. The molecule has 3 N–H and O–H groups in total. The van der Waals surface area contributed by atoms with Crippen molar-refractivity contribution in [3.63, 3.8) is 0 Å². The number of unbranched alkanes of at least 4 members (excludes halogenated alkanes) is 8. The summed E-state index contributed by atoms with van der Waals surface area (Å²) in [4.78, 5) is 24.8. The summed E-state index contributed by atoms with van der Waals surface area (Å²) in [5, 5.41) is 15.5. The van der Waals surface area contributed by atoms with Crippen LogP contribution in [0.4, 0.5) is 4.79 Å². The van der Waals surface area contributed by atoms with Crippen molar-refractivity contribution in [3.05, 3.63) is 71.8 Å². The SMILES string of the molecule is CCCCCCCCCCCC(CC(=O)N[C@@H](CO)CCCNC(=O)OCc1ccccc1)OCc1ccccc1. The van der Waals surface area contributed by atoms with Gasteiger partial charge in [-0.3, -0.25) is 4.79 Å². The predicted octanol–water partition coefficient (Wildman–Crippen LogP) is 7.07. The van der Waals surface area contributed by atoms with Gasteiger partial charge < -0.3 is 25.2 Å². The molecule has 0 fully saturated rings. The van der Waals surface area contributed by atoms with Crippen molar-refractivity contribution in [1.29, 1.82) is 0 Å². The van der Waals surface area contributed by atoms with Gasteiger partial charge in [-0.25, -0.2) is 4.79 Å². The Labute approximate surface area is 247 Å². The third kappa shape index (κ3) is 17.5. The predicted molar refractivity (Wildman–Crippen MR) is 164 cm³/mol. The van der Waals surface area contributed by atoms with Gasteiger partial charge in [-0.15, -0.1) is 0 Å². The summed E-state index contributed by atoms with van der Waals surface area (Å²) in [7, 11) is 0. The average Bonchev–Trinajstić information content (AvgIpc) is 3.00. The fraction of sp³-hybridized carbons (Fsp3) is 0.588. The monoisotopic (exact) mass is 568 g/mol. The highest BCUT2D eigenvalue weighted by atomic mass is 16.5. The second kappa shape index (κ2) is 22.8. The fourth-order valence-electron chi connectivity index (χ4n) is 4.73. The molecule has 2 aromatic carbocycles. The highest BCUT2D eigenvalue weighted by Gasteiger charge is 2.18. The minimum atomic E-state index is -0.478. The number of nitrogens with one attached hydrogen (secondary N) is 2. The summed E-state index contributed by atoms with van der Waals surface area (Å²) in [6, 6.07) is 19.2. The molecular formula is C34H52N2O5. The third-order valence-electron chi connectivity index (χ3n) is 7.17. The van der Waals surface area contributed by atoms with Gasteiger partial charge in [0, 0.05) is 6.54 Å². The van der Waals surface area contributed by atoms with E-state index in [1.54, 1.807) is 0 Å². The molecule has 228 valence electrons. The van der Waals surface area contributed by atoms with Crippen LogP contribution < -0.4 is 10.6 Å². The van der Waals surface area contributed by atoms with Crippen LogP contribution >= 0.6 is 0 Å². The Morgan fingerprint density at radius 2 is 1.34 bits per heavy atom. The first kappa shape index (κ1) is 34.3. The number of rotatable bonds is 23. The number of benzene rings is 2. The molecule has 41 heavy (non-hydrogen) atoms. The summed E-state index contributed by atoms with van der Waals surface area (Å²) in [5.74, 6) is -0.117. The molecule has 0 bridgehead atoms. The lowest BCUT2D eigenvalue weighted by Crippen LogP contribution is -2.39. The average molecular weight is 569 g/mol. The number of aliphatic hydroxyl groups is 1. The van der Waals surface area contributed by atoms with Gasteiger partial charge in [-0.1, -0.05) is 125 Å². The van der Waals surface area contributed by atoms with E-state index < -0.39 is 6.09 Å². The zero-order valence-corrected chi connectivity index (χ0v) is 25.0. The summed E-state index contributed by atoms with van der Waals surface area (Å²) in [6.07, 6.45) is 12.9. The first-order chi connectivity index (χ1) is 20.1. The number of ether oxygens (including phenoxy) is 2. The van der Waals surface area contributed by atoms with Crippen molar-refractivity contribution in [2.24, 2.45) is 0 Å². The minimum absolute atomic E-state index is 0.117. The first-order valence-corrected chi connectivity index (χ1v) is 15.6. The van der Waals surface area contributed by atoms with E-state index in [0.29, 0.717) is 26.0 Å². The normalized spacial score (nSPS) is 12.4. The number of carbonyl (C=O) groups is 2. The first-order valence-electron chi connectivity index (χ1n) is 15.6. The molecule has 2 rings (SSSR count). The lowest BCUT2D eigenvalue weighted by atomic mass is 10.0. The highest BCUT2D eigenvalue weighted by Crippen LogP contribution is 2.16. The van der Waals surface area contributed by atoms with Crippen LogP contribution in [0.3, 0.4) is 0 Å². The zero-order valence-electron chi connectivity index (χ0n) is 25.0. The molecular weight excluding hydrogens is 516 g/mol. The maximum Gasteiger partial charge on any atom is 0.407 e. The molecule has 0 radical (unpaired) electrons. The smallest absolute Gasteiger partial charge is 0.407 e. The highest BCUT2D eigenvalue weighted by molar-refractivity contribution is 5.76. The largest absolute Gasteiger partial charge is 0.445 e. The van der Waals surface area contributed by atoms with Crippen molar-refractivity contribution in [2.75, 3.05) is 13.2 Å². The van der Waals surface area contributed by atoms with Crippen molar-refractivity contribution in [1.82, 2.24) is 10.6 Å². The van der Waals surface area contributed by atoms with E-state index in [2.05, 4.69) is 17.6 Å². The van der Waals surface area contributed by atoms with Crippen molar-refractivity contribution >= 4 is 12.0 Å². The Morgan fingerprint density at radius 1 is 0.756 bits per heavy atom. The van der Waals surface area contributed by atoms with Crippen LogP contribution in [0.5, 0.6) is 0 Å². The lowest BCUT2D eigenvalue weighted by Gasteiger charge is -2.21.